The largest absolute Gasteiger partial charge is 0.366 e. The smallest absolute Gasteiger partial charge is 0.248 e. The fourth-order valence-electron chi connectivity index (χ4n) is 5.32. The predicted octanol–water partition coefficient (Wildman–Crippen LogP) is 4.60. The summed E-state index contributed by atoms with van der Waals surface area (Å²) in [6.07, 6.45) is 10.3. The van der Waals surface area contributed by atoms with Gasteiger partial charge in [-0.3, -0.25) is 4.79 Å². The third kappa shape index (κ3) is 2.47. The van der Waals surface area contributed by atoms with Crippen molar-refractivity contribution >= 4 is 5.91 Å². The molecule has 0 saturated heterocycles. The molecule has 0 heterocycles. The lowest BCUT2D eigenvalue weighted by Gasteiger charge is -2.52. The van der Waals surface area contributed by atoms with Crippen molar-refractivity contribution in [3.63, 3.8) is 0 Å². The first kappa shape index (κ1) is 15.6. The number of hydrogen-bond donors (Lipinski definition) is 1. The predicted molar refractivity (Wildman–Crippen MR) is 91.0 cm³/mol. The molecule has 3 atom stereocenters. The summed E-state index contributed by atoms with van der Waals surface area (Å²) < 4.78 is 0. The van der Waals surface area contributed by atoms with E-state index in [0.29, 0.717) is 11.0 Å². The molecule has 0 aliphatic heterocycles. The fourth-order valence-corrected chi connectivity index (χ4v) is 5.32. The third-order valence-corrected chi connectivity index (χ3v) is 6.38. The van der Waals surface area contributed by atoms with Gasteiger partial charge in [-0.1, -0.05) is 45.6 Å². The number of rotatable bonds is 3. The molecular formula is C20H29NO. The van der Waals surface area contributed by atoms with Gasteiger partial charge in [0.05, 0.1) is 0 Å². The van der Waals surface area contributed by atoms with E-state index in [1.54, 1.807) is 0 Å². The summed E-state index contributed by atoms with van der Waals surface area (Å²) in [6.45, 7) is 4.66. The van der Waals surface area contributed by atoms with Crippen LogP contribution < -0.4 is 5.73 Å². The minimum Gasteiger partial charge on any atom is -0.366 e. The molecule has 0 radical (unpaired) electrons. The van der Waals surface area contributed by atoms with Crippen LogP contribution in [0.3, 0.4) is 0 Å². The van der Waals surface area contributed by atoms with E-state index in [0.717, 1.165) is 18.3 Å². The van der Waals surface area contributed by atoms with Gasteiger partial charge in [-0.2, -0.15) is 0 Å². The highest BCUT2D eigenvalue weighted by Crippen LogP contribution is 2.55. The number of fused-ring (bicyclic) bond motifs is 1. The molecule has 1 aromatic rings. The Bertz CT molecular complexity index is 561. The highest BCUT2D eigenvalue weighted by Gasteiger charge is 2.47. The normalized spacial score (nSPS) is 31.5. The Morgan fingerprint density at radius 3 is 2.73 bits per heavy atom. The lowest BCUT2D eigenvalue weighted by atomic mass is 9.53. The summed E-state index contributed by atoms with van der Waals surface area (Å²) in [6, 6.07) is 6.19. The summed E-state index contributed by atoms with van der Waals surface area (Å²) in [5, 5.41) is 0. The van der Waals surface area contributed by atoms with Gasteiger partial charge >= 0.3 is 0 Å². The van der Waals surface area contributed by atoms with Crippen molar-refractivity contribution in [2.24, 2.45) is 17.6 Å². The molecule has 1 aromatic carbocycles. The van der Waals surface area contributed by atoms with E-state index in [4.69, 9.17) is 5.73 Å². The van der Waals surface area contributed by atoms with E-state index in [-0.39, 0.29) is 5.91 Å². The van der Waals surface area contributed by atoms with Gasteiger partial charge < -0.3 is 5.73 Å². The Morgan fingerprint density at radius 1 is 1.23 bits per heavy atom. The zero-order valence-electron chi connectivity index (χ0n) is 14.0. The van der Waals surface area contributed by atoms with Crippen LogP contribution in [0.4, 0.5) is 0 Å². The van der Waals surface area contributed by atoms with Gasteiger partial charge in [0.25, 0.3) is 0 Å². The van der Waals surface area contributed by atoms with Gasteiger partial charge in [-0.05, 0) is 66.2 Å². The van der Waals surface area contributed by atoms with Crippen molar-refractivity contribution in [1.82, 2.24) is 0 Å². The molecule has 2 aliphatic rings. The van der Waals surface area contributed by atoms with Crippen LogP contribution in [-0.4, -0.2) is 5.91 Å². The van der Waals surface area contributed by atoms with Crippen molar-refractivity contribution in [2.75, 3.05) is 0 Å². The molecule has 22 heavy (non-hydrogen) atoms. The molecule has 0 aromatic heterocycles. The Kier molecular flexibility index (Phi) is 4.29. The molecule has 0 bridgehead atoms. The molecule has 2 fully saturated rings. The lowest BCUT2D eigenvalue weighted by molar-refractivity contribution is 0.0744. The van der Waals surface area contributed by atoms with E-state index in [1.807, 2.05) is 6.07 Å². The maximum Gasteiger partial charge on any atom is 0.248 e. The average Bonchev–Trinajstić information content (AvgIpc) is 2.54. The van der Waals surface area contributed by atoms with Gasteiger partial charge in [-0.15, -0.1) is 0 Å². The van der Waals surface area contributed by atoms with Crippen molar-refractivity contribution in [3.05, 3.63) is 34.9 Å². The molecule has 2 heteroatoms. The molecule has 2 nitrogen and oxygen atoms in total. The Balaban J connectivity index is 2.13. The van der Waals surface area contributed by atoms with Crippen LogP contribution in [0.25, 0.3) is 0 Å². The first-order valence-corrected chi connectivity index (χ1v) is 9.01. The van der Waals surface area contributed by atoms with Crippen LogP contribution in [0.15, 0.2) is 18.2 Å². The van der Waals surface area contributed by atoms with E-state index in [2.05, 4.69) is 26.0 Å². The number of primary amides is 1. The second kappa shape index (κ2) is 6.06. The first-order valence-electron chi connectivity index (χ1n) is 9.01. The molecule has 3 rings (SSSR count). The van der Waals surface area contributed by atoms with Gasteiger partial charge in [0.15, 0.2) is 0 Å². The summed E-state index contributed by atoms with van der Waals surface area (Å²) in [5.41, 5.74) is 9.41. The molecule has 2 saturated carbocycles. The molecule has 120 valence electrons. The molecule has 1 amide bonds. The summed E-state index contributed by atoms with van der Waals surface area (Å²) in [4.78, 5) is 11.7. The van der Waals surface area contributed by atoms with Gasteiger partial charge in [0.2, 0.25) is 5.91 Å². The Labute approximate surface area is 134 Å². The van der Waals surface area contributed by atoms with Crippen LogP contribution in [0.1, 0.15) is 80.3 Å². The maximum absolute atomic E-state index is 11.7. The summed E-state index contributed by atoms with van der Waals surface area (Å²) >= 11 is 0. The minimum absolute atomic E-state index is 0.295. The fraction of sp³-hybridized carbons (Fsp3) is 0.650. The Hall–Kier alpha value is -1.31. The zero-order valence-corrected chi connectivity index (χ0v) is 14.0. The third-order valence-electron chi connectivity index (χ3n) is 6.38. The highest BCUT2D eigenvalue weighted by molar-refractivity contribution is 5.93. The second-order valence-electron chi connectivity index (χ2n) is 7.47. The van der Waals surface area contributed by atoms with Gasteiger partial charge in [0, 0.05) is 5.56 Å². The van der Waals surface area contributed by atoms with Crippen LogP contribution in [0, 0.1) is 11.8 Å². The summed E-state index contributed by atoms with van der Waals surface area (Å²) in [5.74, 6) is 1.29. The standard InChI is InChI=1S/C20H29NO/c1-3-15-9-10-16(19(21)22)13-18(15)20-11-5-4-8-17(20)14(2)7-6-12-20/h9-10,13-14,17H,3-8,11-12H2,1-2H3,(H2,21,22)/t14-,17?,20+/m0/s1. The molecule has 0 spiro atoms. The number of aryl methyl sites for hydroxylation is 1. The van der Waals surface area contributed by atoms with Crippen LogP contribution in [-0.2, 0) is 11.8 Å². The van der Waals surface area contributed by atoms with Crippen molar-refractivity contribution < 1.29 is 4.79 Å². The number of carbonyl (C=O) groups is 1. The number of nitrogens with two attached hydrogens (primary N) is 1. The average molecular weight is 299 g/mol. The second-order valence-corrected chi connectivity index (χ2v) is 7.47. The monoisotopic (exact) mass is 299 g/mol. The lowest BCUT2D eigenvalue weighted by Crippen LogP contribution is -2.45. The molecule has 1 unspecified atom stereocenters. The number of amides is 1. The van der Waals surface area contributed by atoms with Crippen molar-refractivity contribution in [3.8, 4) is 0 Å². The van der Waals surface area contributed by atoms with Crippen LogP contribution >= 0.6 is 0 Å². The molecular weight excluding hydrogens is 270 g/mol. The quantitative estimate of drug-likeness (QED) is 0.871. The SMILES string of the molecule is CCc1ccc(C(N)=O)cc1[C@@]12CCCCC1[C@@H](C)CCC2. The number of hydrogen-bond acceptors (Lipinski definition) is 1. The molecule has 2 aliphatic carbocycles. The van der Waals surface area contributed by atoms with Gasteiger partial charge in [0.1, 0.15) is 0 Å². The van der Waals surface area contributed by atoms with E-state index in [1.165, 1.54) is 56.1 Å². The maximum atomic E-state index is 11.7. The van der Waals surface area contributed by atoms with Crippen LogP contribution in [0.2, 0.25) is 0 Å². The zero-order chi connectivity index (χ0) is 15.7. The minimum atomic E-state index is -0.295. The summed E-state index contributed by atoms with van der Waals surface area (Å²) in [7, 11) is 0. The first-order chi connectivity index (χ1) is 10.6. The van der Waals surface area contributed by atoms with Crippen molar-refractivity contribution in [1.29, 1.82) is 0 Å². The van der Waals surface area contributed by atoms with Crippen molar-refractivity contribution in [2.45, 2.75) is 70.6 Å². The Morgan fingerprint density at radius 2 is 2.00 bits per heavy atom. The van der Waals surface area contributed by atoms with E-state index >= 15 is 0 Å². The van der Waals surface area contributed by atoms with Crippen LogP contribution in [0.5, 0.6) is 0 Å². The topological polar surface area (TPSA) is 43.1 Å². The number of benzene rings is 1. The number of carbonyl (C=O) groups excluding carboxylic acids is 1. The molecule has 2 N–H and O–H groups in total. The van der Waals surface area contributed by atoms with E-state index < -0.39 is 0 Å². The van der Waals surface area contributed by atoms with Gasteiger partial charge in [-0.25, -0.2) is 0 Å². The highest BCUT2D eigenvalue weighted by atomic mass is 16.1. The van der Waals surface area contributed by atoms with E-state index in [9.17, 15) is 4.79 Å².